The number of anilines is 2. The number of carbonyl (C=O) groups excluding carboxylic acids is 2. The van der Waals surface area contributed by atoms with Crippen molar-refractivity contribution in [3.8, 4) is 11.3 Å². The molecule has 2 amide bonds. The van der Waals surface area contributed by atoms with Crippen LogP contribution in [0.3, 0.4) is 0 Å². The van der Waals surface area contributed by atoms with Crippen LogP contribution in [0.25, 0.3) is 22.3 Å². The summed E-state index contributed by atoms with van der Waals surface area (Å²) in [4.78, 5) is 40.6. The van der Waals surface area contributed by atoms with Crippen LogP contribution < -0.4 is 16.4 Å². The van der Waals surface area contributed by atoms with Crippen LogP contribution in [-0.2, 0) is 4.79 Å². The SMILES string of the molecule is Cc1ccnc(NC(=O)c2ccc(-c3nn(C4CCC(NC(=O)/C=C/CN(C)C5CC5)CC4)c4ncnc(N)c34)cc2)c1. The number of aromatic nitrogens is 5. The van der Waals surface area contributed by atoms with E-state index in [9.17, 15) is 9.59 Å². The third-order valence-corrected chi connectivity index (χ3v) is 8.32. The van der Waals surface area contributed by atoms with Gasteiger partial charge in [0.25, 0.3) is 5.91 Å². The summed E-state index contributed by atoms with van der Waals surface area (Å²) in [7, 11) is 2.10. The van der Waals surface area contributed by atoms with Crippen LogP contribution in [0, 0.1) is 6.92 Å². The summed E-state index contributed by atoms with van der Waals surface area (Å²) in [6, 6.07) is 11.9. The van der Waals surface area contributed by atoms with Crippen LogP contribution in [-0.4, -0.2) is 67.1 Å². The molecule has 222 valence electrons. The van der Waals surface area contributed by atoms with Gasteiger partial charge in [0.2, 0.25) is 5.91 Å². The third kappa shape index (κ3) is 6.56. The summed E-state index contributed by atoms with van der Waals surface area (Å²) in [6.07, 6.45) is 12.6. The molecular formula is C32H37N9O2. The van der Waals surface area contributed by atoms with Crippen molar-refractivity contribution >= 4 is 34.5 Å². The Kier molecular flexibility index (Phi) is 8.15. The second-order valence-electron chi connectivity index (χ2n) is 11.6. The van der Waals surface area contributed by atoms with Gasteiger partial charge in [-0.1, -0.05) is 18.2 Å². The number of hydrogen-bond donors (Lipinski definition) is 3. The number of nitrogens with two attached hydrogens (primary N) is 1. The number of nitrogens with one attached hydrogen (secondary N) is 2. The average molecular weight is 580 g/mol. The molecule has 2 aliphatic carbocycles. The lowest BCUT2D eigenvalue weighted by atomic mass is 9.91. The first-order valence-electron chi connectivity index (χ1n) is 14.9. The first-order chi connectivity index (χ1) is 20.9. The Bertz CT molecular complexity index is 1650. The Labute approximate surface area is 250 Å². The number of aryl methyl sites for hydroxylation is 1. The van der Waals surface area contributed by atoms with Crippen molar-refractivity contribution in [3.05, 3.63) is 72.2 Å². The quantitative estimate of drug-likeness (QED) is 0.249. The highest BCUT2D eigenvalue weighted by molar-refractivity contribution is 6.04. The maximum Gasteiger partial charge on any atom is 0.256 e. The Morgan fingerprint density at radius 3 is 2.53 bits per heavy atom. The normalized spacial score (nSPS) is 18.8. The standard InChI is InChI=1S/C32H37N9O2/c1-20-15-16-34-26(18-20)38-32(43)22-7-5-21(6-8-22)29-28-30(33)35-19-36-31(28)41(39-29)25-11-9-23(10-12-25)37-27(42)4-3-17-40(2)24-13-14-24/h3-8,15-16,18-19,23-25H,9-14,17H2,1-2H3,(H,37,42)(H2,33,35,36)(H,34,38,43)/b4-3+. The fourth-order valence-electron chi connectivity index (χ4n) is 5.73. The number of nitrogens with zero attached hydrogens (tertiary/aromatic N) is 6. The Morgan fingerprint density at radius 2 is 1.81 bits per heavy atom. The smallest absolute Gasteiger partial charge is 0.256 e. The topological polar surface area (TPSA) is 144 Å². The predicted molar refractivity (Wildman–Crippen MR) is 166 cm³/mol. The second kappa shape index (κ2) is 12.3. The second-order valence-corrected chi connectivity index (χ2v) is 11.6. The predicted octanol–water partition coefficient (Wildman–Crippen LogP) is 4.28. The average Bonchev–Trinajstić information content (AvgIpc) is 3.78. The molecule has 0 aliphatic heterocycles. The van der Waals surface area contributed by atoms with Gasteiger partial charge in [-0.2, -0.15) is 5.10 Å². The molecule has 0 radical (unpaired) electrons. The lowest BCUT2D eigenvalue weighted by Gasteiger charge is -2.29. The van der Waals surface area contributed by atoms with Gasteiger partial charge in [0.05, 0.1) is 11.4 Å². The van der Waals surface area contributed by atoms with E-state index in [1.54, 1.807) is 24.4 Å². The van der Waals surface area contributed by atoms with Crippen molar-refractivity contribution in [3.63, 3.8) is 0 Å². The molecule has 0 saturated heterocycles. The lowest BCUT2D eigenvalue weighted by molar-refractivity contribution is -0.117. The van der Waals surface area contributed by atoms with E-state index in [0.717, 1.165) is 43.4 Å². The van der Waals surface area contributed by atoms with Crippen LogP contribution >= 0.6 is 0 Å². The first-order valence-corrected chi connectivity index (χ1v) is 14.9. The molecule has 11 nitrogen and oxygen atoms in total. The number of nitrogen functional groups attached to an aromatic ring is 1. The van der Waals surface area contributed by atoms with Crippen molar-refractivity contribution in [2.75, 3.05) is 24.6 Å². The van der Waals surface area contributed by atoms with Crippen molar-refractivity contribution in [1.82, 2.24) is 34.9 Å². The molecule has 11 heteroatoms. The number of fused-ring (bicyclic) bond motifs is 1. The number of likely N-dealkylation sites (N-methyl/N-ethyl adjacent to an activating group) is 1. The Balaban J connectivity index is 1.13. The lowest BCUT2D eigenvalue weighted by Crippen LogP contribution is -2.37. The highest BCUT2D eigenvalue weighted by Gasteiger charge is 2.28. The van der Waals surface area contributed by atoms with E-state index in [0.29, 0.717) is 40.0 Å². The molecule has 0 bridgehead atoms. The third-order valence-electron chi connectivity index (χ3n) is 8.32. The van der Waals surface area contributed by atoms with E-state index in [1.807, 2.05) is 41.9 Å². The molecule has 6 rings (SSSR count). The first kappa shape index (κ1) is 28.5. The van der Waals surface area contributed by atoms with E-state index < -0.39 is 0 Å². The summed E-state index contributed by atoms with van der Waals surface area (Å²) in [5, 5.41) is 11.7. The van der Waals surface area contributed by atoms with E-state index in [-0.39, 0.29) is 23.9 Å². The number of carbonyl (C=O) groups is 2. The zero-order valence-electron chi connectivity index (χ0n) is 24.5. The van der Waals surface area contributed by atoms with Gasteiger partial charge in [-0.15, -0.1) is 0 Å². The van der Waals surface area contributed by atoms with Crippen molar-refractivity contribution in [1.29, 1.82) is 0 Å². The van der Waals surface area contributed by atoms with E-state index in [1.165, 1.54) is 19.2 Å². The Morgan fingerprint density at radius 1 is 1.05 bits per heavy atom. The van der Waals surface area contributed by atoms with Crippen LogP contribution in [0.1, 0.15) is 60.5 Å². The van der Waals surface area contributed by atoms with Crippen molar-refractivity contribution in [2.24, 2.45) is 0 Å². The van der Waals surface area contributed by atoms with E-state index in [2.05, 4.69) is 37.5 Å². The summed E-state index contributed by atoms with van der Waals surface area (Å²) in [5.41, 5.74) is 10.0. The van der Waals surface area contributed by atoms with Gasteiger partial charge in [0, 0.05) is 42.0 Å². The van der Waals surface area contributed by atoms with Gasteiger partial charge in [-0.3, -0.25) is 14.5 Å². The van der Waals surface area contributed by atoms with E-state index >= 15 is 0 Å². The highest BCUT2D eigenvalue weighted by Crippen LogP contribution is 2.36. The van der Waals surface area contributed by atoms with Gasteiger partial charge < -0.3 is 16.4 Å². The van der Waals surface area contributed by atoms with Gasteiger partial charge in [-0.05, 0) is 82.3 Å². The zero-order chi connectivity index (χ0) is 29.9. The molecule has 0 unspecified atom stereocenters. The summed E-state index contributed by atoms with van der Waals surface area (Å²) in [5.74, 6) is 0.588. The molecule has 1 aromatic carbocycles. The van der Waals surface area contributed by atoms with Crippen LogP contribution in [0.5, 0.6) is 0 Å². The van der Waals surface area contributed by atoms with Gasteiger partial charge in [-0.25, -0.2) is 19.6 Å². The number of amides is 2. The summed E-state index contributed by atoms with van der Waals surface area (Å²) < 4.78 is 1.96. The summed E-state index contributed by atoms with van der Waals surface area (Å²) >= 11 is 0. The molecule has 0 atom stereocenters. The number of pyridine rings is 1. The molecule has 43 heavy (non-hydrogen) atoms. The Hall–Kier alpha value is -4.64. The van der Waals surface area contributed by atoms with Gasteiger partial charge >= 0.3 is 0 Å². The molecule has 2 saturated carbocycles. The number of rotatable bonds is 9. The van der Waals surface area contributed by atoms with Crippen LogP contribution in [0.15, 0.2) is 61.1 Å². The fourth-order valence-corrected chi connectivity index (χ4v) is 5.73. The molecule has 2 aliphatic rings. The monoisotopic (exact) mass is 579 g/mol. The largest absolute Gasteiger partial charge is 0.383 e. The minimum Gasteiger partial charge on any atom is -0.383 e. The van der Waals surface area contributed by atoms with Crippen LogP contribution in [0.2, 0.25) is 0 Å². The molecule has 4 aromatic rings. The zero-order valence-corrected chi connectivity index (χ0v) is 24.5. The van der Waals surface area contributed by atoms with E-state index in [4.69, 9.17) is 10.8 Å². The van der Waals surface area contributed by atoms with Gasteiger partial charge in [0.15, 0.2) is 5.65 Å². The number of hydrogen-bond acceptors (Lipinski definition) is 8. The maximum absolute atomic E-state index is 12.8. The minimum atomic E-state index is -0.243. The maximum atomic E-state index is 12.8. The van der Waals surface area contributed by atoms with Crippen molar-refractivity contribution < 1.29 is 9.59 Å². The summed E-state index contributed by atoms with van der Waals surface area (Å²) in [6.45, 7) is 2.74. The van der Waals surface area contributed by atoms with Crippen molar-refractivity contribution in [2.45, 2.75) is 63.6 Å². The molecular weight excluding hydrogens is 542 g/mol. The minimum absolute atomic E-state index is 0.0349. The number of benzene rings is 1. The van der Waals surface area contributed by atoms with Crippen LogP contribution in [0.4, 0.5) is 11.6 Å². The molecule has 4 N–H and O–H groups in total. The fraction of sp³-hybridized carbons (Fsp3) is 0.375. The molecule has 3 aromatic heterocycles. The molecule has 2 fully saturated rings. The molecule has 3 heterocycles. The molecule has 0 spiro atoms. The van der Waals surface area contributed by atoms with Gasteiger partial charge in [0.1, 0.15) is 23.7 Å². The highest BCUT2D eigenvalue weighted by atomic mass is 16.2.